The first-order valence-corrected chi connectivity index (χ1v) is 13.8. The standard InChI is InChI=1S/C20H4Cl5I3O5/c21-5-1-3-17(13(27)15(5)29)32-18-4(2-6(26)16(30)14(18)28)20(3)8-7(19(31)33-20)9(22)11(24)12(25)10(8)23/h1-2,29-30H. The summed E-state index contributed by atoms with van der Waals surface area (Å²) in [5.41, 5.74) is -0.929. The number of hydrogen-bond donors (Lipinski definition) is 2. The Kier molecular flexibility index (Phi) is 6.29. The molecule has 3 aromatic rings. The van der Waals surface area contributed by atoms with E-state index >= 15 is 0 Å². The molecule has 0 fully saturated rings. The fourth-order valence-electron chi connectivity index (χ4n) is 3.93. The number of fused-ring (bicyclic) bond motifs is 6. The van der Waals surface area contributed by atoms with E-state index in [1.807, 2.05) is 67.8 Å². The van der Waals surface area contributed by atoms with E-state index in [2.05, 4.69) is 0 Å². The third-order valence-corrected chi connectivity index (χ3v) is 10.2. The molecule has 1 unspecified atom stereocenters. The lowest BCUT2D eigenvalue weighted by molar-refractivity contribution is 0.0223. The minimum absolute atomic E-state index is 0.000439. The quantitative estimate of drug-likeness (QED) is 0.102. The minimum atomic E-state index is -1.70. The number of benzene rings is 3. The minimum Gasteiger partial charge on any atom is -0.506 e. The Morgan fingerprint density at radius 3 is 1.97 bits per heavy atom. The number of halogens is 8. The number of aromatic hydroxyl groups is 2. The molecule has 0 saturated heterocycles. The van der Waals surface area contributed by atoms with Gasteiger partial charge >= 0.3 is 5.97 Å². The first-order valence-electron chi connectivity index (χ1n) is 8.63. The van der Waals surface area contributed by atoms with Crippen molar-refractivity contribution in [3.8, 4) is 23.0 Å². The van der Waals surface area contributed by atoms with E-state index in [0.717, 1.165) is 0 Å². The van der Waals surface area contributed by atoms with Gasteiger partial charge in [0.15, 0.2) is 22.8 Å². The molecule has 0 bridgehead atoms. The van der Waals surface area contributed by atoms with Gasteiger partial charge in [0.1, 0.15) is 5.75 Å². The Hall–Kier alpha value is 0.170. The molecule has 2 heterocycles. The molecule has 1 atom stereocenters. The number of hydrogen-bond acceptors (Lipinski definition) is 5. The Bertz CT molecular complexity index is 1400. The molecule has 5 rings (SSSR count). The summed E-state index contributed by atoms with van der Waals surface area (Å²) >= 11 is 37.8. The van der Waals surface area contributed by atoms with Crippen LogP contribution in [0.1, 0.15) is 27.0 Å². The highest BCUT2D eigenvalue weighted by atomic mass is 127. The lowest BCUT2D eigenvalue weighted by Crippen LogP contribution is -2.34. The van der Waals surface area contributed by atoms with Gasteiger partial charge < -0.3 is 19.7 Å². The first-order chi connectivity index (χ1) is 15.4. The third-order valence-electron chi connectivity index (χ3n) is 5.33. The molecule has 5 nitrogen and oxygen atoms in total. The van der Waals surface area contributed by atoms with Crippen molar-refractivity contribution in [2.24, 2.45) is 0 Å². The Morgan fingerprint density at radius 1 is 0.788 bits per heavy atom. The van der Waals surface area contributed by atoms with Gasteiger partial charge in [-0.05, 0) is 79.9 Å². The zero-order valence-corrected chi connectivity index (χ0v) is 25.5. The maximum atomic E-state index is 13.2. The summed E-state index contributed by atoms with van der Waals surface area (Å²) in [6, 6.07) is 3.04. The SMILES string of the molecule is O=C1OC2(c3cc(Cl)c(O)c(I)c3Oc3c2cc(I)c(O)c3I)c2c(Cl)c(Cl)c(Cl)c(Cl)c21. The number of phenols is 2. The van der Waals surface area contributed by atoms with Crippen LogP contribution in [0.15, 0.2) is 12.1 Å². The summed E-state index contributed by atoms with van der Waals surface area (Å²) in [7, 11) is 0. The largest absolute Gasteiger partial charge is 0.506 e. The van der Waals surface area contributed by atoms with Crippen molar-refractivity contribution in [3.05, 3.63) is 70.2 Å². The zero-order chi connectivity index (χ0) is 24.1. The van der Waals surface area contributed by atoms with Crippen molar-refractivity contribution >= 4 is 132 Å². The zero-order valence-electron chi connectivity index (χ0n) is 15.3. The molecule has 0 aromatic heterocycles. The van der Waals surface area contributed by atoms with E-state index < -0.39 is 11.6 Å². The van der Waals surface area contributed by atoms with Crippen LogP contribution in [-0.4, -0.2) is 16.2 Å². The average molecular weight is 882 g/mol. The van der Waals surface area contributed by atoms with Gasteiger partial charge in [-0.15, -0.1) is 0 Å². The van der Waals surface area contributed by atoms with Gasteiger partial charge in [0.25, 0.3) is 0 Å². The molecule has 0 saturated carbocycles. The third kappa shape index (κ3) is 3.23. The fourth-order valence-corrected chi connectivity index (χ4v) is 7.83. The number of carbonyl (C=O) groups is 1. The molecule has 2 aliphatic rings. The molecular formula is C20H4Cl5I3O5. The Morgan fingerprint density at radius 2 is 1.33 bits per heavy atom. The van der Waals surface area contributed by atoms with Gasteiger partial charge in [0, 0.05) is 5.56 Å². The molecule has 2 aliphatic heterocycles. The van der Waals surface area contributed by atoms with Crippen LogP contribution in [0.25, 0.3) is 0 Å². The van der Waals surface area contributed by atoms with E-state index in [9.17, 15) is 15.0 Å². The summed E-state index contributed by atoms with van der Waals surface area (Å²) in [6.07, 6.45) is 0. The van der Waals surface area contributed by atoms with Crippen molar-refractivity contribution in [2.75, 3.05) is 0 Å². The smallest absolute Gasteiger partial charge is 0.341 e. The van der Waals surface area contributed by atoms with Crippen molar-refractivity contribution in [3.63, 3.8) is 0 Å². The first kappa shape index (κ1) is 24.8. The van der Waals surface area contributed by atoms with Gasteiger partial charge in [-0.1, -0.05) is 58.0 Å². The maximum absolute atomic E-state index is 13.2. The van der Waals surface area contributed by atoms with E-state index in [1.165, 1.54) is 6.07 Å². The van der Waals surface area contributed by atoms with E-state index in [0.29, 0.717) is 18.3 Å². The normalized spacial score (nSPS) is 18.0. The van der Waals surface area contributed by atoms with E-state index in [-0.39, 0.29) is 62.8 Å². The molecule has 0 radical (unpaired) electrons. The molecule has 0 aliphatic carbocycles. The Labute approximate surface area is 252 Å². The Balaban J connectivity index is 2.05. The second kappa shape index (κ2) is 8.35. The number of phenolic OH excluding ortho intramolecular Hbond substituents is 2. The van der Waals surface area contributed by atoms with Crippen LogP contribution in [0.5, 0.6) is 23.0 Å². The van der Waals surface area contributed by atoms with Crippen LogP contribution < -0.4 is 4.74 Å². The van der Waals surface area contributed by atoms with Crippen LogP contribution in [-0.2, 0) is 10.3 Å². The summed E-state index contributed by atoms with van der Waals surface area (Å²) in [6.45, 7) is 0. The van der Waals surface area contributed by atoms with Crippen molar-refractivity contribution in [2.45, 2.75) is 5.60 Å². The van der Waals surface area contributed by atoms with Gasteiger partial charge in [0.2, 0.25) is 0 Å². The molecular weight excluding hydrogens is 878 g/mol. The molecule has 1 spiro atoms. The van der Waals surface area contributed by atoms with Crippen LogP contribution in [0, 0.1) is 10.7 Å². The highest BCUT2D eigenvalue weighted by Gasteiger charge is 2.58. The molecule has 2 N–H and O–H groups in total. The molecule has 0 amide bonds. The van der Waals surface area contributed by atoms with Crippen LogP contribution >= 0.6 is 126 Å². The van der Waals surface area contributed by atoms with Crippen LogP contribution in [0.3, 0.4) is 0 Å². The second-order valence-corrected chi connectivity index (χ2v) is 12.2. The van der Waals surface area contributed by atoms with Crippen molar-refractivity contribution in [1.29, 1.82) is 0 Å². The monoisotopic (exact) mass is 880 g/mol. The molecule has 13 heteroatoms. The summed E-state index contributed by atoms with van der Waals surface area (Å²) in [5.74, 6) is -0.653. The maximum Gasteiger partial charge on any atom is 0.341 e. The van der Waals surface area contributed by atoms with Crippen LogP contribution in [0.4, 0.5) is 0 Å². The van der Waals surface area contributed by atoms with E-state index in [4.69, 9.17) is 67.5 Å². The van der Waals surface area contributed by atoms with E-state index in [1.54, 1.807) is 6.07 Å². The summed E-state index contributed by atoms with van der Waals surface area (Å²) in [4.78, 5) is 13.2. The lowest BCUT2D eigenvalue weighted by Gasteiger charge is -2.38. The van der Waals surface area contributed by atoms with Crippen molar-refractivity contribution in [1.82, 2.24) is 0 Å². The number of rotatable bonds is 0. The van der Waals surface area contributed by atoms with Gasteiger partial charge in [0.05, 0.1) is 52.5 Å². The highest BCUT2D eigenvalue weighted by molar-refractivity contribution is 14.1. The van der Waals surface area contributed by atoms with Gasteiger partial charge in [-0.2, -0.15) is 0 Å². The van der Waals surface area contributed by atoms with Gasteiger partial charge in [-0.3, -0.25) is 0 Å². The lowest BCUT2D eigenvalue weighted by atomic mass is 9.77. The fraction of sp³-hybridized carbons (Fsp3) is 0.0500. The number of esters is 1. The summed E-state index contributed by atoms with van der Waals surface area (Å²) < 4.78 is 13.3. The highest BCUT2D eigenvalue weighted by Crippen LogP contribution is 2.63. The number of carbonyl (C=O) groups excluding carboxylic acids is 1. The van der Waals surface area contributed by atoms with Gasteiger partial charge in [-0.25, -0.2) is 4.79 Å². The van der Waals surface area contributed by atoms with Crippen molar-refractivity contribution < 1.29 is 24.5 Å². The predicted molar refractivity (Wildman–Crippen MR) is 151 cm³/mol. The molecule has 3 aromatic carbocycles. The molecule has 33 heavy (non-hydrogen) atoms. The average Bonchev–Trinajstić information content (AvgIpc) is 3.08. The topological polar surface area (TPSA) is 76.0 Å². The van der Waals surface area contributed by atoms with Crippen LogP contribution in [0.2, 0.25) is 25.1 Å². The predicted octanol–water partition coefficient (Wildman–Crippen LogP) is 8.75. The second-order valence-electron chi connectivity index (χ2n) is 6.97. The number of ether oxygens (including phenoxy) is 2. The molecule has 170 valence electrons. The summed E-state index contributed by atoms with van der Waals surface area (Å²) in [5, 5.41) is 20.8.